The van der Waals surface area contributed by atoms with Crippen LogP contribution in [0.2, 0.25) is 0 Å². The van der Waals surface area contributed by atoms with Crippen molar-refractivity contribution in [3.05, 3.63) is 93.9 Å². The Labute approximate surface area is 213 Å². The number of amides is 1. The first kappa shape index (κ1) is 24.6. The maximum absolute atomic E-state index is 13.3. The monoisotopic (exact) mass is 521 g/mol. The molecule has 11 heteroatoms. The molecule has 0 unspecified atom stereocenters. The number of azide groups is 1. The van der Waals surface area contributed by atoms with Gasteiger partial charge in [0.05, 0.1) is 0 Å². The van der Waals surface area contributed by atoms with Gasteiger partial charge in [-0.05, 0) is 51.5 Å². The Kier molecular flexibility index (Phi) is 6.73. The van der Waals surface area contributed by atoms with E-state index in [9.17, 15) is 17.1 Å². The van der Waals surface area contributed by atoms with Crippen molar-refractivity contribution < 1.29 is 21.8 Å². The Bertz CT molecular complexity index is 1450. The Balaban J connectivity index is 1.23. The van der Waals surface area contributed by atoms with E-state index in [-0.39, 0.29) is 23.8 Å². The molecule has 0 N–H and O–H groups in total. The van der Waals surface area contributed by atoms with E-state index in [4.69, 9.17) is 10.3 Å². The van der Waals surface area contributed by atoms with Gasteiger partial charge in [-0.25, -0.2) is 4.79 Å². The molecular formula is C26H24FN5O4S. The molecule has 190 valence electrons. The molecule has 1 aliphatic heterocycles. The highest BCUT2D eigenvalue weighted by molar-refractivity contribution is 7.85. The van der Waals surface area contributed by atoms with E-state index < -0.39 is 22.1 Å². The first-order valence-corrected chi connectivity index (χ1v) is 13.3. The molecule has 0 bridgehead atoms. The predicted molar refractivity (Wildman–Crippen MR) is 138 cm³/mol. The van der Waals surface area contributed by atoms with Gasteiger partial charge in [-0.3, -0.25) is 0 Å². The van der Waals surface area contributed by atoms with E-state index in [1.807, 2.05) is 29.2 Å². The van der Waals surface area contributed by atoms with E-state index in [1.54, 1.807) is 17.0 Å². The molecule has 2 aliphatic rings. The largest absolute Gasteiger partial charge is 0.448 e. The van der Waals surface area contributed by atoms with Gasteiger partial charge in [0, 0.05) is 48.4 Å². The predicted octanol–water partition coefficient (Wildman–Crippen LogP) is 5.50. The second-order valence-corrected chi connectivity index (χ2v) is 10.4. The molecule has 37 heavy (non-hydrogen) atoms. The number of hydrogen-bond donors (Lipinski definition) is 0. The van der Waals surface area contributed by atoms with Crippen LogP contribution in [0.25, 0.3) is 21.6 Å². The average Bonchev–Trinajstić information content (AvgIpc) is 3.20. The minimum Gasteiger partial charge on any atom is -0.448 e. The summed E-state index contributed by atoms with van der Waals surface area (Å²) in [7, 11) is -4.75. The third-order valence-electron chi connectivity index (χ3n) is 6.70. The van der Waals surface area contributed by atoms with Gasteiger partial charge in [0.25, 0.3) is 0 Å². The van der Waals surface area contributed by atoms with Crippen LogP contribution in [0.4, 0.5) is 20.1 Å². The summed E-state index contributed by atoms with van der Waals surface area (Å²) in [5.74, 6) is -0.833. The van der Waals surface area contributed by atoms with Crippen molar-refractivity contribution in [2.24, 2.45) is 5.11 Å². The number of ether oxygens (including phenoxy) is 1. The van der Waals surface area contributed by atoms with Crippen molar-refractivity contribution >= 4 is 27.7 Å². The number of rotatable bonds is 6. The molecule has 9 nitrogen and oxygen atoms in total. The second-order valence-electron chi connectivity index (χ2n) is 9.01. The third-order valence-corrected chi connectivity index (χ3v) is 7.38. The van der Waals surface area contributed by atoms with Gasteiger partial charge in [0.15, 0.2) is 0 Å². The molecule has 1 fully saturated rings. The summed E-state index contributed by atoms with van der Waals surface area (Å²) in [6, 6.07) is 20.8. The van der Waals surface area contributed by atoms with Crippen molar-refractivity contribution in [2.75, 3.05) is 37.7 Å². The quantitative estimate of drug-likeness (QED) is 0.184. The fourth-order valence-electron chi connectivity index (χ4n) is 5.06. The van der Waals surface area contributed by atoms with Gasteiger partial charge >= 0.3 is 16.3 Å². The Morgan fingerprint density at radius 2 is 1.62 bits per heavy atom. The summed E-state index contributed by atoms with van der Waals surface area (Å²) in [5.41, 5.74) is 14.4. The van der Waals surface area contributed by atoms with Crippen molar-refractivity contribution in [1.29, 1.82) is 0 Å². The van der Waals surface area contributed by atoms with E-state index in [0.29, 0.717) is 31.9 Å². The Morgan fingerprint density at radius 1 is 1.00 bits per heavy atom. The molecule has 0 atom stereocenters. The topological polar surface area (TPSA) is 116 Å². The molecule has 0 radical (unpaired) electrons. The van der Waals surface area contributed by atoms with Gasteiger partial charge in [0.1, 0.15) is 12.4 Å². The summed E-state index contributed by atoms with van der Waals surface area (Å²) in [5, 5.41) is 3.54. The summed E-state index contributed by atoms with van der Waals surface area (Å²) < 4.78 is 41.3. The van der Waals surface area contributed by atoms with Gasteiger partial charge in [0.2, 0.25) is 0 Å². The molecule has 3 aromatic carbocycles. The highest BCUT2D eigenvalue weighted by Crippen LogP contribution is 2.44. The Morgan fingerprint density at radius 3 is 2.22 bits per heavy atom. The van der Waals surface area contributed by atoms with Crippen molar-refractivity contribution in [1.82, 2.24) is 4.90 Å². The zero-order valence-electron chi connectivity index (χ0n) is 19.8. The van der Waals surface area contributed by atoms with Gasteiger partial charge in [-0.2, -0.15) is 8.42 Å². The molecule has 1 aliphatic carbocycles. The van der Waals surface area contributed by atoms with Crippen LogP contribution < -0.4 is 4.90 Å². The summed E-state index contributed by atoms with van der Waals surface area (Å²) in [4.78, 5) is 19.2. The van der Waals surface area contributed by atoms with Crippen LogP contribution in [0.1, 0.15) is 22.6 Å². The molecule has 1 amide bonds. The molecule has 5 rings (SSSR count). The van der Waals surface area contributed by atoms with E-state index in [0.717, 1.165) is 22.3 Å². The van der Waals surface area contributed by atoms with Gasteiger partial charge < -0.3 is 14.5 Å². The molecule has 0 aromatic heterocycles. The van der Waals surface area contributed by atoms with Crippen LogP contribution in [0.15, 0.2) is 71.8 Å². The smallest absolute Gasteiger partial charge is 0.409 e. The van der Waals surface area contributed by atoms with Gasteiger partial charge in [-0.15, -0.1) is 3.89 Å². The van der Waals surface area contributed by atoms with Crippen LogP contribution in [-0.4, -0.2) is 52.2 Å². The maximum Gasteiger partial charge on any atom is 0.409 e. The SMILES string of the molecule is [N-]=[N+]=Nc1cc(CS(=O)(=O)F)cc(N2CCN(C(=O)OCC3c4ccccc4-c4ccccc43)CC2)c1. The lowest BCUT2D eigenvalue weighted by Gasteiger charge is -2.36. The number of carbonyl (C=O) groups is 1. The lowest BCUT2D eigenvalue weighted by Crippen LogP contribution is -2.49. The van der Waals surface area contributed by atoms with Gasteiger partial charge in [-0.1, -0.05) is 53.6 Å². The molecular weight excluding hydrogens is 497 g/mol. The number of fused-ring (bicyclic) bond motifs is 3. The minimum atomic E-state index is -4.75. The van der Waals surface area contributed by atoms with Crippen LogP contribution in [0.5, 0.6) is 0 Å². The van der Waals surface area contributed by atoms with Crippen LogP contribution in [-0.2, 0) is 20.7 Å². The van der Waals surface area contributed by atoms with Crippen molar-refractivity contribution in [3.8, 4) is 11.1 Å². The van der Waals surface area contributed by atoms with E-state index >= 15 is 0 Å². The van der Waals surface area contributed by atoms with E-state index in [1.165, 1.54) is 6.07 Å². The number of halogens is 1. The fourth-order valence-corrected chi connectivity index (χ4v) is 5.63. The number of anilines is 1. The van der Waals surface area contributed by atoms with E-state index in [2.05, 4.69) is 34.3 Å². The normalized spacial score (nSPS) is 15.1. The average molecular weight is 522 g/mol. The number of piperazine rings is 1. The zero-order valence-corrected chi connectivity index (χ0v) is 20.6. The Hall–Kier alpha value is -4.08. The highest BCUT2D eigenvalue weighted by Gasteiger charge is 2.30. The standard InChI is InChI=1S/C26H24FN5O4S/c27-37(34,35)17-18-13-19(29-30-28)15-20(14-18)31-9-11-32(12-10-31)26(33)36-16-25-23-7-3-1-5-21(23)22-6-2-4-8-24(22)25/h1-8,13-15,25H,9-12,16-17H2. The second kappa shape index (κ2) is 10.1. The van der Waals surface area contributed by atoms with Crippen LogP contribution in [0, 0.1) is 0 Å². The highest BCUT2D eigenvalue weighted by atomic mass is 32.3. The number of hydrogen-bond acceptors (Lipinski definition) is 6. The molecule has 1 saturated heterocycles. The first-order chi connectivity index (χ1) is 17.8. The van der Waals surface area contributed by atoms with Crippen molar-refractivity contribution in [3.63, 3.8) is 0 Å². The van der Waals surface area contributed by atoms with Crippen LogP contribution in [0.3, 0.4) is 0 Å². The van der Waals surface area contributed by atoms with Crippen molar-refractivity contribution in [2.45, 2.75) is 11.7 Å². The minimum absolute atomic E-state index is 0.0220. The summed E-state index contributed by atoms with van der Waals surface area (Å²) in [6.45, 7) is 1.91. The molecule has 0 spiro atoms. The summed E-state index contributed by atoms with van der Waals surface area (Å²) in [6.07, 6.45) is -0.395. The van der Waals surface area contributed by atoms with Crippen LogP contribution >= 0.6 is 0 Å². The number of benzene rings is 3. The lowest BCUT2D eigenvalue weighted by molar-refractivity contribution is 0.0977. The molecule has 0 saturated carbocycles. The lowest BCUT2D eigenvalue weighted by atomic mass is 9.98. The molecule has 3 aromatic rings. The fraction of sp³-hybridized carbons (Fsp3) is 0.269. The summed E-state index contributed by atoms with van der Waals surface area (Å²) >= 11 is 0. The third kappa shape index (κ3) is 5.37. The molecule has 1 heterocycles. The number of nitrogens with zero attached hydrogens (tertiary/aromatic N) is 5. The zero-order chi connectivity index (χ0) is 26.0. The number of carbonyl (C=O) groups excluding carboxylic acids is 1. The maximum atomic E-state index is 13.3. The first-order valence-electron chi connectivity index (χ1n) is 11.8.